The van der Waals surface area contributed by atoms with E-state index in [0.29, 0.717) is 33.8 Å². The molecule has 1 heterocycles. The maximum absolute atomic E-state index is 12.4. The molecule has 0 bridgehead atoms. The maximum Gasteiger partial charge on any atom is 0.335 e. The van der Waals surface area contributed by atoms with Crippen LogP contribution in [0, 0.1) is 0 Å². The average molecular weight is 520 g/mol. The van der Waals surface area contributed by atoms with E-state index in [1.165, 1.54) is 24.3 Å². The normalized spacial score (nSPS) is 10.5. The number of carbonyl (C=O) groups excluding carboxylic acids is 2. The molecular formula is C22H19Cl2N5O4S. The van der Waals surface area contributed by atoms with Gasteiger partial charge in [0.2, 0.25) is 5.91 Å². The molecule has 3 rings (SSSR count). The first kappa shape index (κ1) is 25.3. The molecule has 12 heteroatoms. The summed E-state index contributed by atoms with van der Waals surface area (Å²) in [6.45, 7) is 4.19. The highest BCUT2D eigenvalue weighted by Crippen LogP contribution is 2.23. The predicted molar refractivity (Wildman–Crippen MR) is 131 cm³/mol. The zero-order chi connectivity index (χ0) is 24.7. The number of nitrogens with zero attached hydrogens (tertiary/aromatic N) is 3. The lowest BCUT2D eigenvalue weighted by Crippen LogP contribution is -2.25. The number of anilines is 1. The van der Waals surface area contributed by atoms with Crippen molar-refractivity contribution in [3.05, 3.63) is 82.1 Å². The molecule has 0 saturated carbocycles. The van der Waals surface area contributed by atoms with Gasteiger partial charge < -0.3 is 20.3 Å². The van der Waals surface area contributed by atoms with Gasteiger partial charge in [0.05, 0.1) is 27.9 Å². The molecule has 0 spiro atoms. The van der Waals surface area contributed by atoms with Crippen LogP contribution in [0.15, 0.2) is 60.3 Å². The van der Waals surface area contributed by atoms with Gasteiger partial charge in [-0.15, -0.1) is 16.8 Å². The Morgan fingerprint density at radius 3 is 2.59 bits per heavy atom. The third kappa shape index (κ3) is 6.60. The number of rotatable bonds is 10. The van der Waals surface area contributed by atoms with Crippen LogP contribution in [-0.2, 0) is 17.9 Å². The van der Waals surface area contributed by atoms with E-state index >= 15 is 0 Å². The Bertz CT molecular complexity index is 1250. The smallest absolute Gasteiger partial charge is 0.335 e. The van der Waals surface area contributed by atoms with Crippen LogP contribution in [0.5, 0.6) is 0 Å². The van der Waals surface area contributed by atoms with Crippen LogP contribution < -0.4 is 10.6 Å². The first-order chi connectivity index (χ1) is 16.3. The van der Waals surface area contributed by atoms with Crippen LogP contribution in [0.25, 0.3) is 0 Å². The number of allylic oxidation sites excluding steroid dienone is 1. The first-order valence-corrected chi connectivity index (χ1v) is 11.5. The van der Waals surface area contributed by atoms with E-state index < -0.39 is 5.97 Å². The predicted octanol–water partition coefficient (Wildman–Crippen LogP) is 4.13. The Hall–Kier alpha value is -3.34. The summed E-state index contributed by atoms with van der Waals surface area (Å²) in [4.78, 5) is 35.8. The van der Waals surface area contributed by atoms with Crippen molar-refractivity contribution in [1.29, 1.82) is 0 Å². The number of amides is 2. The van der Waals surface area contributed by atoms with E-state index in [9.17, 15) is 14.4 Å². The minimum atomic E-state index is -1.08. The van der Waals surface area contributed by atoms with Gasteiger partial charge in [-0.1, -0.05) is 47.1 Å². The highest BCUT2D eigenvalue weighted by molar-refractivity contribution is 7.99. The molecule has 0 atom stereocenters. The zero-order valence-electron chi connectivity index (χ0n) is 17.6. The van der Waals surface area contributed by atoms with E-state index in [-0.39, 0.29) is 34.7 Å². The third-order valence-corrected chi connectivity index (χ3v) is 6.13. The van der Waals surface area contributed by atoms with Gasteiger partial charge in [-0.05, 0) is 36.4 Å². The van der Waals surface area contributed by atoms with Crippen molar-refractivity contribution >= 4 is 58.4 Å². The number of halogens is 2. The highest BCUT2D eigenvalue weighted by atomic mass is 35.5. The third-order valence-electron chi connectivity index (χ3n) is 4.42. The Morgan fingerprint density at radius 2 is 1.88 bits per heavy atom. The molecule has 3 aromatic rings. The van der Waals surface area contributed by atoms with Gasteiger partial charge in [0.1, 0.15) is 0 Å². The number of aromatic carboxylic acids is 1. The van der Waals surface area contributed by atoms with Crippen LogP contribution in [-0.4, -0.2) is 43.4 Å². The monoisotopic (exact) mass is 519 g/mol. The van der Waals surface area contributed by atoms with E-state index in [1.54, 1.807) is 28.8 Å². The maximum atomic E-state index is 12.4. The SMILES string of the molecule is C=CCn1c(CNC(=O)c2ccc(Cl)c(Cl)c2)nnc1SCC(=O)Nc1cccc(C(=O)O)c1. The number of benzene rings is 2. The van der Waals surface area contributed by atoms with Crippen molar-refractivity contribution in [2.75, 3.05) is 11.1 Å². The van der Waals surface area contributed by atoms with Gasteiger partial charge in [0.25, 0.3) is 5.91 Å². The Balaban J connectivity index is 1.61. The van der Waals surface area contributed by atoms with Gasteiger partial charge in [-0.2, -0.15) is 0 Å². The number of hydrogen-bond acceptors (Lipinski definition) is 6. The van der Waals surface area contributed by atoms with Crippen LogP contribution >= 0.6 is 35.0 Å². The fourth-order valence-corrected chi connectivity index (χ4v) is 3.89. The molecule has 0 saturated heterocycles. The Labute approximate surface area is 209 Å². The summed E-state index contributed by atoms with van der Waals surface area (Å²) in [6, 6.07) is 10.5. The summed E-state index contributed by atoms with van der Waals surface area (Å²) in [6.07, 6.45) is 1.65. The van der Waals surface area contributed by atoms with Crippen LogP contribution in [0.3, 0.4) is 0 Å². The summed E-state index contributed by atoms with van der Waals surface area (Å²) in [7, 11) is 0. The molecule has 0 aliphatic heterocycles. The minimum absolute atomic E-state index is 0.0161. The van der Waals surface area contributed by atoms with Gasteiger partial charge >= 0.3 is 5.97 Å². The van der Waals surface area contributed by atoms with Crippen molar-refractivity contribution in [1.82, 2.24) is 20.1 Å². The lowest BCUT2D eigenvalue weighted by molar-refractivity contribution is -0.113. The molecule has 0 unspecified atom stereocenters. The average Bonchev–Trinajstić information content (AvgIpc) is 3.19. The molecule has 0 aliphatic carbocycles. The summed E-state index contributed by atoms with van der Waals surface area (Å²) >= 11 is 13.0. The summed E-state index contributed by atoms with van der Waals surface area (Å²) in [5, 5.41) is 23.8. The van der Waals surface area contributed by atoms with Crippen LogP contribution in [0.4, 0.5) is 5.69 Å². The summed E-state index contributed by atoms with van der Waals surface area (Å²) in [5.41, 5.74) is 0.801. The summed E-state index contributed by atoms with van der Waals surface area (Å²) in [5.74, 6) is -1.28. The second-order valence-corrected chi connectivity index (χ2v) is 8.59. The van der Waals surface area contributed by atoms with Crippen LogP contribution in [0.1, 0.15) is 26.5 Å². The Kier molecular flexibility index (Phi) is 8.69. The number of hydrogen-bond donors (Lipinski definition) is 3. The molecule has 0 aliphatic rings. The van der Waals surface area contributed by atoms with Crippen molar-refractivity contribution in [3.8, 4) is 0 Å². The molecule has 176 valence electrons. The number of aromatic nitrogens is 3. The minimum Gasteiger partial charge on any atom is -0.478 e. The number of carboxylic acids is 1. The molecule has 1 aromatic heterocycles. The first-order valence-electron chi connectivity index (χ1n) is 9.80. The number of carbonyl (C=O) groups is 3. The molecule has 34 heavy (non-hydrogen) atoms. The summed E-state index contributed by atoms with van der Waals surface area (Å²) < 4.78 is 1.73. The number of carboxylic acid groups (broad SMARTS) is 1. The van der Waals surface area contributed by atoms with E-state index in [4.69, 9.17) is 28.3 Å². The van der Waals surface area contributed by atoms with Gasteiger partial charge in [0, 0.05) is 17.8 Å². The fourth-order valence-electron chi connectivity index (χ4n) is 2.82. The van der Waals surface area contributed by atoms with Gasteiger partial charge in [-0.25, -0.2) is 4.79 Å². The molecule has 0 fully saturated rings. The molecule has 2 amide bonds. The fraction of sp³-hybridized carbons (Fsp3) is 0.136. The standard InChI is InChI=1S/C22H19Cl2N5O4S/c1-2-8-29-18(11-25-20(31)13-6-7-16(23)17(24)10-13)27-28-22(29)34-12-19(30)26-15-5-3-4-14(9-15)21(32)33/h2-7,9-10H,1,8,11-12H2,(H,25,31)(H,26,30)(H,32,33). The molecule has 9 nitrogen and oxygen atoms in total. The van der Waals surface area contributed by atoms with Crippen LogP contribution in [0.2, 0.25) is 10.0 Å². The lowest BCUT2D eigenvalue weighted by atomic mass is 10.2. The molecule has 0 radical (unpaired) electrons. The van der Waals surface area contributed by atoms with E-state index in [0.717, 1.165) is 11.8 Å². The second-order valence-electron chi connectivity index (χ2n) is 6.83. The van der Waals surface area contributed by atoms with Gasteiger partial charge in [-0.3, -0.25) is 9.59 Å². The quantitative estimate of drug-likeness (QED) is 0.271. The molecule has 2 aromatic carbocycles. The second kappa shape index (κ2) is 11.7. The molecule has 3 N–H and O–H groups in total. The van der Waals surface area contributed by atoms with Crippen molar-refractivity contribution in [2.45, 2.75) is 18.2 Å². The largest absolute Gasteiger partial charge is 0.478 e. The van der Waals surface area contributed by atoms with Crippen molar-refractivity contribution in [2.24, 2.45) is 0 Å². The van der Waals surface area contributed by atoms with Gasteiger partial charge in [0.15, 0.2) is 11.0 Å². The van der Waals surface area contributed by atoms with E-state index in [2.05, 4.69) is 27.4 Å². The van der Waals surface area contributed by atoms with Crippen molar-refractivity contribution in [3.63, 3.8) is 0 Å². The number of nitrogens with one attached hydrogen (secondary N) is 2. The van der Waals surface area contributed by atoms with E-state index in [1.807, 2.05) is 0 Å². The highest BCUT2D eigenvalue weighted by Gasteiger charge is 2.16. The topological polar surface area (TPSA) is 126 Å². The lowest BCUT2D eigenvalue weighted by Gasteiger charge is -2.09. The van der Waals surface area contributed by atoms with Crippen molar-refractivity contribution < 1.29 is 19.5 Å². The number of thioether (sulfide) groups is 1. The Morgan fingerprint density at radius 1 is 1.09 bits per heavy atom. The molecular weight excluding hydrogens is 501 g/mol. The zero-order valence-corrected chi connectivity index (χ0v) is 20.0.